The zero-order chi connectivity index (χ0) is 56.0. The van der Waals surface area contributed by atoms with E-state index >= 15 is 14.4 Å². The average Bonchev–Trinajstić information content (AvgIpc) is 1.39. The number of rotatable bonds is 8. The van der Waals surface area contributed by atoms with Gasteiger partial charge in [-0.1, -0.05) is 0 Å². The van der Waals surface area contributed by atoms with Crippen LogP contribution in [0.5, 0.6) is 0 Å². The lowest BCUT2D eigenvalue weighted by Gasteiger charge is -2.49. The summed E-state index contributed by atoms with van der Waals surface area (Å²) in [4.78, 5) is 95.4. The Bertz CT molecular complexity index is 7620. The summed E-state index contributed by atoms with van der Waals surface area (Å²) in [6.07, 6.45) is 0. The molecule has 5 aliphatic carbocycles. The Morgan fingerprint density at radius 2 is 0.616 bits per heavy atom. The van der Waals surface area contributed by atoms with E-state index in [1.807, 2.05) is 62.3 Å². The van der Waals surface area contributed by atoms with Crippen molar-refractivity contribution in [3.8, 4) is 0 Å². The molecule has 0 aliphatic heterocycles. The lowest BCUT2D eigenvalue weighted by atomic mass is 9.60. The molecule has 22 aromatic carbocycles. The molecule has 0 bridgehead atoms. The Balaban J connectivity index is 1.11. The third-order valence-electron chi connectivity index (χ3n) is 24.1. The van der Waals surface area contributed by atoms with Crippen LogP contribution in [0.15, 0.2) is 18.4 Å². The maximum absolute atomic E-state index is 17.6. The van der Waals surface area contributed by atoms with Crippen molar-refractivity contribution in [1.29, 1.82) is 0 Å². The molecule has 12 nitrogen and oxygen atoms in total. The fourth-order valence-electron chi connectivity index (χ4n) is 23.1. The van der Waals surface area contributed by atoms with Crippen molar-refractivity contribution in [3.63, 3.8) is 0 Å². The Labute approximate surface area is 474 Å². The smallest absolute Gasteiger partial charge is 0.374 e. The molecule has 0 saturated heterocycles. The molecule has 0 unspecified atom stereocenters. The Kier molecular flexibility index (Phi) is 4.67. The van der Waals surface area contributed by atoms with Crippen LogP contribution in [0.1, 0.15) is 130 Å². The topological polar surface area (TPSA) is 142 Å². The van der Waals surface area contributed by atoms with E-state index in [1.54, 1.807) is 6.92 Å². The molecule has 0 saturated carbocycles. The minimum atomic E-state index is -2.00. The SMILES string of the molecule is CCOC(=O)c1oc2c3c1[C@@]1(OOC(C)(C)C)c4c5c6c7c(c8c9c%10c(c%11c(=O)oc%12c%13c(=O)c%14c1c1c4c4c6c6c%15c7c9c7c9c%10c%10c%11c%12c%11c%12c%13c%14c%13c1c1c4c6c4c(c%157)c6c9c%10c%11c7c%12c%13c1c4c76)[C@]28OOC(C)(C)C)[C@]35OOC(C)(C)C. The summed E-state index contributed by atoms with van der Waals surface area (Å²) in [6.45, 7) is 19.4. The Morgan fingerprint density at radius 1 is 0.326 bits per heavy atom. The van der Waals surface area contributed by atoms with Gasteiger partial charge >= 0.3 is 11.6 Å². The molecule has 0 spiro atoms. The standard InChI is InChI=1S/C74H32O12/c1-11-78-68(77)65-61-62-66(79-65)74(86-83-71(8,9)10)56-46-36-26-18-13-14-12-15-16(13)23-28(26)38-40-30(23)29-22(15)27-25-17(12)20-21-19(14)31-24(18)33(36)44-51-41(31)34(21)43-42-32(20)35(25)45-47-37(27)39(29)49-50(40)59(60(74)48(38)46)73(62,85-82-70(5,6)7)58(49)57(47)72(61,84-81-69(2,3)4)55(45)52(42)63(75)54(43)64(51)80-67(76)53(44)56/h11H2,1-10H3/t72-,73-,74+/m0/s1. The van der Waals surface area contributed by atoms with E-state index in [-0.39, 0.29) is 29.1 Å². The first-order valence-electron chi connectivity index (χ1n) is 30.4. The lowest BCUT2D eigenvalue weighted by molar-refractivity contribution is -0.406. The zero-order valence-corrected chi connectivity index (χ0v) is 47.1. The fourth-order valence-corrected chi connectivity index (χ4v) is 23.1. The van der Waals surface area contributed by atoms with Crippen LogP contribution in [0.25, 0.3) is 237 Å². The molecule has 24 aromatic rings. The van der Waals surface area contributed by atoms with Crippen molar-refractivity contribution >= 4 is 243 Å². The summed E-state index contributed by atoms with van der Waals surface area (Å²) in [7, 11) is 0. The Hall–Kier alpha value is -8.85. The lowest BCUT2D eigenvalue weighted by Crippen LogP contribution is -2.51. The number of furan rings is 1. The molecule has 29 rings (SSSR count). The van der Waals surface area contributed by atoms with Crippen molar-refractivity contribution in [3.05, 3.63) is 76.7 Å². The highest BCUT2D eigenvalue weighted by Gasteiger charge is 2.75. The number of benzene rings is 15. The maximum atomic E-state index is 17.6. The van der Waals surface area contributed by atoms with Crippen LogP contribution in [-0.4, -0.2) is 29.4 Å². The third kappa shape index (κ3) is 2.79. The summed E-state index contributed by atoms with van der Waals surface area (Å²) < 4.78 is 21.5. The van der Waals surface area contributed by atoms with Gasteiger partial charge in [-0.3, -0.25) is 4.79 Å². The van der Waals surface area contributed by atoms with Crippen molar-refractivity contribution in [2.75, 3.05) is 6.61 Å². The summed E-state index contributed by atoms with van der Waals surface area (Å²) in [5.41, 5.74) is -4.41. The van der Waals surface area contributed by atoms with Gasteiger partial charge in [0.2, 0.25) is 11.4 Å². The minimum Gasteiger partial charge on any atom is -0.460 e. The molecule has 0 amide bonds. The fraction of sp³-hybridized carbons (Fsp3) is 0.230. The normalized spacial score (nSPS) is 22.0. The summed E-state index contributed by atoms with van der Waals surface area (Å²) in [5, 5.41) is 45.5. The van der Waals surface area contributed by atoms with Crippen molar-refractivity contribution in [2.45, 2.75) is 103 Å². The van der Waals surface area contributed by atoms with Crippen LogP contribution in [0, 0.1) is 0 Å². The maximum Gasteiger partial charge on any atom is 0.374 e. The van der Waals surface area contributed by atoms with Gasteiger partial charge in [-0.05, 0) is 209 Å². The van der Waals surface area contributed by atoms with E-state index in [1.165, 1.54) is 108 Å². The van der Waals surface area contributed by atoms with Crippen LogP contribution in [0.3, 0.4) is 0 Å². The quantitative estimate of drug-likeness (QED) is 0.0357. The van der Waals surface area contributed by atoms with E-state index in [2.05, 4.69) is 0 Å². The number of carbonyl (C=O) groups excluding carboxylic acids is 1. The molecular formula is C74H32O12. The summed E-state index contributed by atoms with van der Waals surface area (Å²) >= 11 is 0. The number of hydrogen-bond acceptors (Lipinski definition) is 12. The third-order valence-corrected chi connectivity index (χ3v) is 24.1. The van der Waals surface area contributed by atoms with Crippen LogP contribution >= 0.6 is 0 Å². The zero-order valence-electron chi connectivity index (χ0n) is 47.1. The van der Waals surface area contributed by atoms with Gasteiger partial charge in [-0.15, -0.1) is 0 Å². The molecule has 2 heterocycles. The predicted octanol–water partition coefficient (Wildman–Crippen LogP) is 17.0. The molecular weight excluding hydrogens is 1080 g/mol. The first-order chi connectivity index (χ1) is 41.4. The largest absolute Gasteiger partial charge is 0.460 e. The second-order valence-electron chi connectivity index (χ2n) is 30.5. The molecule has 0 radical (unpaired) electrons. The monoisotopic (exact) mass is 1110 g/mol. The molecule has 0 fully saturated rings. The van der Waals surface area contributed by atoms with Crippen LogP contribution in [-0.2, 0) is 50.9 Å². The van der Waals surface area contributed by atoms with Gasteiger partial charge in [0, 0.05) is 120 Å². The van der Waals surface area contributed by atoms with Crippen molar-refractivity contribution < 1.29 is 47.7 Å². The second-order valence-corrected chi connectivity index (χ2v) is 30.5. The van der Waals surface area contributed by atoms with Crippen LogP contribution in [0.4, 0.5) is 0 Å². The van der Waals surface area contributed by atoms with Gasteiger partial charge in [0.05, 0.1) is 39.7 Å². The van der Waals surface area contributed by atoms with Crippen molar-refractivity contribution in [1.82, 2.24) is 0 Å². The molecule has 400 valence electrons. The predicted molar refractivity (Wildman–Crippen MR) is 331 cm³/mol. The second kappa shape index (κ2) is 9.93. The van der Waals surface area contributed by atoms with Crippen LogP contribution in [0.2, 0.25) is 0 Å². The highest BCUT2D eigenvalue weighted by Crippen LogP contribution is 2.83. The average molecular weight is 1110 g/mol. The number of fused-ring (bicyclic) bond motifs is 7. The number of esters is 1. The number of hydrogen-bond donors (Lipinski definition) is 0. The summed E-state index contributed by atoms with van der Waals surface area (Å²) in [6, 6.07) is 0. The summed E-state index contributed by atoms with van der Waals surface area (Å²) in [5.74, 6) is -0.780. The first-order valence-corrected chi connectivity index (χ1v) is 30.4. The van der Waals surface area contributed by atoms with E-state index in [0.717, 1.165) is 124 Å². The van der Waals surface area contributed by atoms with E-state index in [4.69, 9.17) is 42.9 Å². The van der Waals surface area contributed by atoms with Gasteiger partial charge in [-0.25, -0.2) is 38.9 Å². The molecule has 12 heteroatoms. The number of carbonyl (C=O) groups is 1. The molecule has 86 heavy (non-hydrogen) atoms. The van der Waals surface area contributed by atoms with Gasteiger partial charge in [0.1, 0.15) is 0 Å². The minimum absolute atomic E-state index is 0.000830. The molecule has 0 N–H and O–H groups in total. The first kappa shape index (κ1) is 40.5. The molecule has 5 aliphatic rings. The van der Waals surface area contributed by atoms with E-state index in [9.17, 15) is 0 Å². The molecule has 2 aromatic heterocycles. The van der Waals surface area contributed by atoms with E-state index in [0.29, 0.717) is 44.0 Å². The molecule has 3 atom stereocenters. The Morgan fingerprint density at radius 3 is 1.00 bits per heavy atom. The van der Waals surface area contributed by atoms with Gasteiger partial charge < -0.3 is 13.6 Å². The van der Waals surface area contributed by atoms with Crippen LogP contribution < -0.4 is 11.1 Å². The van der Waals surface area contributed by atoms with Crippen molar-refractivity contribution in [2.24, 2.45) is 0 Å². The highest BCUT2D eigenvalue weighted by molar-refractivity contribution is 6.77. The van der Waals surface area contributed by atoms with Gasteiger partial charge in [0.15, 0.2) is 28.0 Å². The van der Waals surface area contributed by atoms with Gasteiger partial charge in [0.25, 0.3) is 0 Å². The van der Waals surface area contributed by atoms with E-state index < -0.39 is 45.2 Å². The number of ether oxygens (including phenoxy) is 1. The van der Waals surface area contributed by atoms with Gasteiger partial charge in [-0.2, -0.15) is 0 Å². The highest BCUT2D eigenvalue weighted by atomic mass is 17.2.